The summed E-state index contributed by atoms with van der Waals surface area (Å²) in [5.41, 5.74) is 2.29. The molecule has 1 aliphatic heterocycles. The molecule has 0 radical (unpaired) electrons. The lowest BCUT2D eigenvalue weighted by molar-refractivity contribution is 0.382. The van der Waals surface area contributed by atoms with Crippen LogP contribution in [-0.2, 0) is 6.42 Å². The van der Waals surface area contributed by atoms with Crippen molar-refractivity contribution in [3.05, 3.63) is 29.1 Å². The summed E-state index contributed by atoms with van der Waals surface area (Å²) in [7, 11) is 1.50. The zero-order chi connectivity index (χ0) is 10.8. The highest BCUT2D eigenvalue weighted by Gasteiger charge is 2.20. The number of rotatable bonds is 2. The first-order valence-electron chi connectivity index (χ1n) is 5.36. The van der Waals surface area contributed by atoms with E-state index in [9.17, 15) is 4.39 Å². The lowest BCUT2D eigenvalue weighted by atomic mass is 9.92. The molecule has 1 aromatic rings. The van der Waals surface area contributed by atoms with Gasteiger partial charge in [-0.15, -0.1) is 0 Å². The van der Waals surface area contributed by atoms with E-state index in [4.69, 9.17) is 4.74 Å². The molecule has 0 fully saturated rings. The Labute approximate surface area is 89.4 Å². The van der Waals surface area contributed by atoms with Crippen LogP contribution in [-0.4, -0.2) is 13.7 Å². The molecule has 2 nitrogen and oxygen atoms in total. The van der Waals surface area contributed by atoms with Gasteiger partial charge < -0.3 is 10.1 Å². The molecule has 0 spiro atoms. The number of benzene rings is 1. The van der Waals surface area contributed by atoms with Gasteiger partial charge in [-0.05, 0) is 42.6 Å². The van der Waals surface area contributed by atoms with Gasteiger partial charge in [-0.1, -0.05) is 6.92 Å². The highest BCUT2D eigenvalue weighted by atomic mass is 19.1. The van der Waals surface area contributed by atoms with E-state index in [0.717, 1.165) is 24.9 Å². The zero-order valence-electron chi connectivity index (χ0n) is 9.14. The Kier molecular flexibility index (Phi) is 2.91. The second-order valence-electron chi connectivity index (χ2n) is 3.85. The molecule has 0 aliphatic carbocycles. The minimum Gasteiger partial charge on any atom is -0.494 e. The first-order valence-corrected chi connectivity index (χ1v) is 5.36. The topological polar surface area (TPSA) is 21.3 Å². The van der Waals surface area contributed by atoms with Crippen LogP contribution in [0.5, 0.6) is 5.75 Å². The summed E-state index contributed by atoms with van der Waals surface area (Å²) in [4.78, 5) is 0. The average molecular weight is 209 g/mol. The minimum atomic E-state index is -0.265. The second-order valence-corrected chi connectivity index (χ2v) is 3.85. The fourth-order valence-corrected chi connectivity index (χ4v) is 2.16. The van der Waals surface area contributed by atoms with Gasteiger partial charge in [0, 0.05) is 6.04 Å². The molecule has 1 aliphatic rings. The van der Waals surface area contributed by atoms with Crippen LogP contribution in [0.4, 0.5) is 4.39 Å². The lowest BCUT2D eigenvalue weighted by Crippen LogP contribution is -2.29. The Morgan fingerprint density at radius 3 is 3.00 bits per heavy atom. The Morgan fingerprint density at radius 1 is 1.53 bits per heavy atom. The van der Waals surface area contributed by atoms with Crippen molar-refractivity contribution in [2.24, 2.45) is 0 Å². The smallest absolute Gasteiger partial charge is 0.165 e. The predicted molar refractivity (Wildman–Crippen MR) is 57.7 cm³/mol. The lowest BCUT2D eigenvalue weighted by Gasteiger charge is -2.26. The number of fused-ring (bicyclic) bond motifs is 1. The van der Waals surface area contributed by atoms with Crippen molar-refractivity contribution in [3.63, 3.8) is 0 Å². The molecule has 1 atom stereocenters. The quantitative estimate of drug-likeness (QED) is 0.807. The summed E-state index contributed by atoms with van der Waals surface area (Å²) in [6, 6.07) is 3.72. The second kappa shape index (κ2) is 4.19. The Bertz CT molecular complexity index is 365. The minimum absolute atomic E-state index is 0.265. The Hall–Kier alpha value is -1.09. The fraction of sp³-hybridized carbons (Fsp3) is 0.500. The van der Waals surface area contributed by atoms with Crippen molar-refractivity contribution >= 4 is 0 Å². The normalized spacial score (nSPS) is 19.8. The molecule has 1 heterocycles. The molecule has 0 bridgehead atoms. The van der Waals surface area contributed by atoms with Crippen molar-refractivity contribution in [3.8, 4) is 5.75 Å². The molecule has 0 aromatic heterocycles. The van der Waals surface area contributed by atoms with Crippen LogP contribution in [0.15, 0.2) is 12.1 Å². The van der Waals surface area contributed by atoms with E-state index in [1.165, 1.54) is 12.7 Å². The van der Waals surface area contributed by atoms with Gasteiger partial charge in [0.05, 0.1) is 7.11 Å². The van der Waals surface area contributed by atoms with Crippen LogP contribution in [0, 0.1) is 5.82 Å². The molecule has 0 amide bonds. The fourth-order valence-electron chi connectivity index (χ4n) is 2.16. The summed E-state index contributed by atoms with van der Waals surface area (Å²) in [5.74, 6) is 0.0869. The zero-order valence-corrected chi connectivity index (χ0v) is 9.14. The first-order chi connectivity index (χ1) is 7.26. The highest BCUT2D eigenvalue weighted by Crippen LogP contribution is 2.30. The maximum absolute atomic E-state index is 13.5. The van der Waals surface area contributed by atoms with Crippen LogP contribution in [0.3, 0.4) is 0 Å². The van der Waals surface area contributed by atoms with Gasteiger partial charge in [-0.25, -0.2) is 4.39 Å². The molecule has 15 heavy (non-hydrogen) atoms. The third-order valence-electron chi connectivity index (χ3n) is 2.98. The number of ether oxygens (including phenoxy) is 1. The van der Waals surface area contributed by atoms with Crippen LogP contribution in [0.25, 0.3) is 0 Å². The van der Waals surface area contributed by atoms with E-state index < -0.39 is 0 Å². The van der Waals surface area contributed by atoms with Crippen molar-refractivity contribution in [2.45, 2.75) is 25.8 Å². The van der Waals surface area contributed by atoms with E-state index in [-0.39, 0.29) is 11.9 Å². The summed E-state index contributed by atoms with van der Waals surface area (Å²) >= 11 is 0. The summed E-state index contributed by atoms with van der Waals surface area (Å²) < 4.78 is 18.5. The Balaban J connectivity index is 2.45. The van der Waals surface area contributed by atoms with Crippen molar-refractivity contribution in [2.75, 3.05) is 13.7 Å². The maximum Gasteiger partial charge on any atom is 0.165 e. The molecule has 2 rings (SSSR count). The molecule has 1 N–H and O–H groups in total. The predicted octanol–water partition coefficient (Wildman–Crippen LogP) is 2.43. The monoisotopic (exact) mass is 209 g/mol. The van der Waals surface area contributed by atoms with Crippen molar-refractivity contribution in [1.29, 1.82) is 0 Å². The van der Waals surface area contributed by atoms with Crippen LogP contribution < -0.4 is 10.1 Å². The van der Waals surface area contributed by atoms with Gasteiger partial charge in [-0.3, -0.25) is 0 Å². The number of hydrogen-bond donors (Lipinski definition) is 1. The van der Waals surface area contributed by atoms with Crippen LogP contribution >= 0.6 is 0 Å². The maximum atomic E-state index is 13.5. The highest BCUT2D eigenvalue weighted by molar-refractivity contribution is 5.40. The molecule has 3 heteroatoms. The molecule has 82 valence electrons. The summed E-state index contributed by atoms with van der Waals surface area (Å²) in [6.45, 7) is 3.06. The van der Waals surface area contributed by atoms with E-state index in [0.29, 0.717) is 5.75 Å². The number of hydrogen-bond acceptors (Lipinski definition) is 2. The van der Waals surface area contributed by atoms with E-state index in [1.54, 1.807) is 6.07 Å². The number of halogens is 1. The molecule has 0 saturated carbocycles. The molecule has 1 unspecified atom stereocenters. The van der Waals surface area contributed by atoms with Gasteiger partial charge >= 0.3 is 0 Å². The number of methoxy groups -OCH3 is 1. The van der Waals surface area contributed by atoms with Gasteiger partial charge in [0.25, 0.3) is 0 Å². The average Bonchev–Trinajstić information content (AvgIpc) is 2.27. The third kappa shape index (κ3) is 1.84. The van der Waals surface area contributed by atoms with Gasteiger partial charge in [0.1, 0.15) is 0 Å². The molecule has 0 saturated heterocycles. The first kappa shape index (κ1) is 10.4. The standard InChI is InChI=1S/C12H16FNO/c1-3-11-9-7-10(13)12(15-2)6-8(9)4-5-14-11/h6-7,11,14H,3-5H2,1-2H3. The van der Waals surface area contributed by atoms with E-state index in [2.05, 4.69) is 12.2 Å². The molecule has 1 aromatic carbocycles. The summed E-state index contributed by atoms with van der Waals surface area (Å²) in [5, 5.41) is 3.38. The van der Waals surface area contributed by atoms with Gasteiger partial charge in [0.2, 0.25) is 0 Å². The van der Waals surface area contributed by atoms with Gasteiger partial charge in [-0.2, -0.15) is 0 Å². The summed E-state index contributed by atoms with van der Waals surface area (Å²) in [6.07, 6.45) is 1.93. The van der Waals surface area contributed by atoms with E-state index >= 15 is 0 Å². The van der Waals surface area contributed by atoms with Gasteiger partial charge in [0.15, 0.2) is 11.6 Å². The Morgan fingerprint density at radius 2 is 2.33 bits per heavy atom. The van der Waals surface area contributed by atoms with Crippen molar-refractivity contribution < 1.29 is 9.13 Å². The SMILES string of the molecule is CCC1NCCc2cc(OC)c(F)cc21. The van der Waals surface area contributed by atoms with Crippen LogP contribution in [0.1, 0.15) is 30.5 Å². The molecular weight excluding hydrogens is 193 g/mol. The molecular formula is C12H16FNO. The van der Waals surface area contributed by atoms with Crippen molar-refractivity contribution in [1.82, 2.24) is 5.32 Å². The largest absolute Gasteiger partial charge is 0.494 e. The number of nitrogens with one attached hydrogen (secondary N) is 1. The van der Waals surface area contributed by atoms with E-state index in [1.807, 2.05) is 6.07 Å². The van der Waals surface area contributed by atoms with Crippen LogP contribution in [0.2, 0.25) is 0 Å². The third-order valence-corrected chi connectivity index (χ3v) is 2.98.